The molecule has 0 radical (unpaired) electrons. The van der Waals surface area contributed by atoms with E-state index in [2.05, 4.69) is 10.2 Å². The number of carbonyl (C=O) groups excluding carboxylic acids is 1. The van der Waals surface area contributed by atoms with Crippen LogP contribution in [0, 0.1) is 0 Å². The number of rotatable bonds is 2. The minimum atomic E-state index is -0.304. The third-order valence-electron chi connectivity index (χ3n) is 2.27. The van der Waals surface area contributed by atoms with Gasteiger partial charge in [0, 0.05) is 13.1 Å². The largest absolute Gasteiger partial charge is 0.430 e. The molecule has 1 saturated heterocycles. The standard InChI is InChI=1S/C9H18N2O2/c1-3-10-9(12)13-8-6-4-5-7-11(8)2/h8H,3-7H2,1-2H3,(H,10,12). The van der Waals surface area contributed by atoms with E-state index in [1.54, 1.807) is 0 Å². The fourth-order valence-electron chi connectivity index (χ4n) is 1.50. The maximum Gasteiger partial charge on any atom is 0.408 e. The van der Waals surface area contributed by atoms with Gasteiger partial charge in [0.2, 0.25) is 0 Å². The molecular weight excluding hydrogens is 168 g/mol. The molecule has 1 rings (SSSR count). The van der Waals surface area contributed by atoms with E-state index < -0.39 is 0 Å². The molecule has 0 saturated carbocycles. The molecule has 4 heteroatoms. The van der Waals surface area contributed by atoms with E-state index in [4.69, 9.17) is 4.74 Å². The van der Waals surface area contributed by atoms with Crippen LogP contribution in [-0.4, -0.2) is 37.4 Å². The topological polar surface area (TPSA) is 41.6 Å². The number of piperidine rings is 1. The molecule has 1 aliphatic heterocycles. The van der Waals surface area contributed by atoms with E-state index in [0.717, 1.165) is 19.4 Å². The van der Waals surface area contributed by atoms with Crippen LogP contribution in [0.1, 0.15) is 26.2 Å². The van der Waals surface area contributed by atoms with Gasteiger partial charge in [-0.3, -0.25) is 4.90 Å². The summed E-state index contributed by atoms with van der Waals surface area (Å²) < 4.78 is 5.22. The van der Waals surface area contributed by atoms with Crippen molar-refractivity contribution in [2.45, 2.75) is 32.4 Å². The van der Waals surface area contributed by atoms with Gasteiger partial charge in [0.1, 0.15) is 0 Å². The van der Waals surface area contributed by atoms with Gasteiger partial charge in [0.25, 0.3) is 0 Å². The summed E-state index contributed by atoms with van der Waals surface area (Å²) in [4.78, 5) is 13.2. The number of amides is 1. The molecule has 76 valence electrons. The van der Waals surface area contributed by atoms with Crippen LogP contribution in [0.25, 0.3) is 0 Å². The highest BCUT2D eigenvalue weighted by atomic mass is 16.6. The molecule has 1 unspecified atom stereocenters. The smallest absolute Gasteiger partial charge is 0.408 e. The highest BCUT2D eigenvalue weighted by molar-refractivity contribution is 5.67. The van der Waals surface area contributed by atoms with E-state index in [1.807, 2.05) is 14.0 Å². The van der Waals surface area contributed by atoms with Gasteiger partial charge in [-0.05, 0) is 33.2 Å². The molecule has 0 aromatic heterocycles. The van der Waals surface area contributed by atoms with Gasteiger partial charge in [0.15, 0.2) is 6.23 Å². The van der Waals surface area contributed by atoms with Gasteiger partial charge in [-0.2, -0.15) is 0 Å². The summed E-state index contributed by atoms with van der Waals surface area (Å²) in [6.07, 6.45) is 2.97. The van der Waals surface area contributed by atoms with Gasteiger partial charge >= 0.3 is 6.09 Å². The fourth-order valence-corrected chi connectivity index (χ4v) is 1.50. The lowest BCUT2D eigenvalue weighted by Crippen LogP contribution is -2.41. The van der Waals surface area contributed by atoms with Crippen molar-refractivity contribution in [3.05, 3.63) is 0 Å². The predicted molar refractivity (Wildman–Crippen MR) is 50.4 cm³/mol. The third kappa shape index (κ3) is 3.22. The molecule has 4 nitrogen and oxygen atoms in total. The van der Waals surface area contributed by atoms with Crippen molar-refractivity contribution >= 4 is 6.09 Å². The summed E-state index contributed by atoms with van der Waals surface area (Å²) in [6.45, 7) is 3.52. The summed E-state index contributed by atoms with van der Waals surface area (Å²) in [5.41, 5.74) is 0. The van der Waals surface area contributed by atoms with Gasteiger partial charge in [0.05, 0.1) is 0 Å². The maximum atomic E-state index is 11.1. The van der Waals surface area contributed by atoms with E-state index >= 15 is 0 Å². The minimum absolute atomic E-state index is 0.0275. The Morgan fingerprint density at radius 2 is 2.38 bits per heavy atom. The highest BCUT2D eigenvalue weighted by Gasteiger charge is 2.21. The van der Waals surface area contributed by atoms with E-state index in [0.29, 0.717) is 6.54 Å². The lowest BCUT2D eigenvalue weighted by Gasteiger charge is -2.31. The summed E-state index contributed by atoms with van der Waals surface area (Å²) in [7, 11) is 1.99. The number of alkyl carbamates (subject to hydrolysis) is 1. The number of nitrogens with one attached hydrogen (secondary N) is 1. The molecule has 0 aliphatic carbocycles. The van der Waals surface area contributed by atoms with Crippen molar-refractivity contribution in [1.82, 2.24) is 10.2 Å². The Kier molecular flexibility index (Phi) is 4.02. The Labute approximate surface area is 79.2 Å². The van der Waals surface area contributed by atoms with Crippen molar-refractivity contribution in [3.8, 4) is 0 Å². The van der Waals surface area contributed by atoms with E-state index in [1.165, 1.54) is 6.42 Å². The lowest BCUT2D eigenvalue weighted by molar-refractivity contribution is -0.0216. The van der Waals surface area contributed by atoms with Crippen LogP contribution in [0.15, 0.2) is 0 Å². The Bertz CT molecular complexity index is 173. The van der Waals surface area contributed by atoms with Crippen LogP contribution in [0.3, 0.4) is 0 Å². The van der Waals surface area contributed by atoms with Gasteiger partial charge in [-0.1, -0.05) is 0 Å². The Hall–Kier alpha value is -0.770. The average Bonchev–Trinajstić information content (AvgIpc) is 2.09. The van der Waals surface area contributed by atoms with Crippen molar-refractivity contribution in [3.63, 3.8) is 0 Å². The normalized spacial score (nSPS) is 24.0. The second-order valence-electron chi connectivity index (χ2n) is 3.37. The van der Waals surface area contributed by atoms with E-state index in [-0.39, 0.29) is 12.3 Å². The number of carbonyl (C=O) groups is 1. The maximum absolute atomic E-state index is 11.1. The Balaban J connectivity index is 2.29. The highest BCUT2D eigenvalue weighted by Crippen LogP contribution is 2.15. The number of nitrogens with zero attached hydrogens (tertiary/aromatic N) is 1. The summed E-state index contributed by atoms with van der Waals surface area (Å²) in [6, 6.07) is 0. The number of hydrogen-bond donors (Lipinski definition) is 1. The van der Waals surface area contributed by atoms with Crippen LogP contribution in [0.2, 0.25) is 0 Å². The molecule has 0 aromatic carbocycles. The van der Waals surface area contributed by atoms with Crippen LogP contribution in [-0.2, 0) is 4.74 Å². The summed E-state index contributed by atoms with van der Waals surface area (Å²) in [5.74, 6) is 0. The molecule has 1 atom stereocenters. The summed E-state index contributed by atoms with van der Waals surface area (Å²) in [5, 5.41) is 2.63. The van der Waals surface area contributed by atoms with Crippen molar-refractivity contribution < 1.29 is 9.53 Å². The molecule has 1 fully saturated rings. The van der Waals surface area contributed by atoms with Gasteiger partial charge < -0.3 is 10.1 Å². The number of hydrogen-bond acceptors (Lipinski definition) is 3. The Morgan fingerprint density at radius 1 is 1.62 bits per heavy atom. The molecule has 1 amide bonds. The lowest BCUT2D eigenvalue weighted by atomic mass is 10.1. The van der Waals surface area contributed by atoms with Gasteiger partial charge in [-0.25, -0.2) is 4.79 Å². The first-order chi connectivity index (χ1) is 6.24. The quantitative estimate of drug-likeness (QED) is 0.704. The van der Waals surface area contributed by atoms with Gasteiger partial charge in [-0.15, -0.1) is 0 Å². The molecular formula is C9H18N2O2. The minimum Gasteiger partial charge on any atom is -0.430 e. The first-order valence-corrected chi connectivity index (χ1v) is 4.88. The van der Waals surface area contributed by atoms with Crippen molar-refractivity contribution in [1.29, 1.82) is 0 Å². The second kappa shape index (κ2) is 5.07. The molecule has 13 heavy (non-hydrogen) atoms. The number of ether oxygens (including phenoxy) is 1. The van der Waals surface area contributed by atoms with Crippen LogP contribution >= 0.6 is 0 Å². The zero-order chi connectivity index (χ0) is 9.68. The Morgan fingerprint density at radius 3 is 3.00 bits per heavy atom. The predicted octanol–water partition coefficient (Wildman–Crippen LogP) is 1.17. The van der Waals surface area contributed by atoms with Crippen molar-refractivity contribution in [2.75, 3.05) is 20.1 Å². The SMILES string of the molecule is CCNC(=O)OC1CCCCN1C. The molecule has 0 aromatic rings. The summed E-state index contributed by atoms with van der Waals surface area (Å²) >= 11 is 0. The van der Waals surface area contributed by atoms with Crippen LogP contribution < -0.4 is 5.32 Å². The monoisotopic (exact) mass is 186 g/mol. The van der Waals surface area contributed by atoms with Crippen LogP contribution in [0.4, 0.5) is 4.79 Å². The van der Waals surface area contributed by atoms with E-state index in [9.17, 15) is 4.79 Å². The molecule has 1 aliphatic rings. The second-order valence-corrected chi connectivity index (χ2v) is 3.37. The number of likely N-dealkylation sites (tertiary alicyclic amines) is 1. The molecule has 0 bridgehead atoms. The first-order valence-electron chi connectivity index (χ1n) is 4.88. The molecule has 0 spiro atoms. The molecule has 1 N–H and O–H groups in total. The third-order valence-corrected chi connectivity index (χ3v) is 2.27. The first kappa shape index (κ1) is 10.3. The van der Waals surface area contributed by atoms with Crippen molar-refractivity contribution in [2.24, 2.45) is 0 Å². The molecule has 1 heterocycles. The fraction of sp³-hybridized carbons (Fsp3) is 0.889. The zero-order valence-corrected chi connectivity index (χ0v) is 8.38. The van der Waals surface area contributed by atoms with Crippen LogP contribution in [0.5, 0.6) is 0 Å². The average molecular weight is 186 g/mol. The zero-order valence-electron chi connectivity index (χ0n) is 8.38.